The van der Waals surface area contributed by atoms with Crippen LogP contribution >= 0.6 is 0 Å². The quantitative estimate of drug-likeness (QED) is 0.769. The van der Waals surface area contributed by atoms with Gasteiger partial charge in [-0.3, -0.25) is 4.79 Å². The van der Waals surface area contributed by atoms with Gasteiger partial charge in [0.05, 0.1) is 18.9 Å². The molecule has 0 radical (unpaired) electrons. The number of hydrogen-bond donors (Lipinski definition) is 0. The van der Waals surface area contributed by atoms with Crippen LogP contribution in [0.3, 0.4) is 0 Å². The minimum Gasteiger partial charge on any atom is -0.378 e. The van der Waals surface area contributed by atoms with Gasteiger partial charge in [-0.25, -0.2) is 4.68 Å². The Morgan fingerprint density at radius 1 is 1.19 bits per heavy atom. The van der Waals surface area contributed by atoms with Crippen LogP contribution < -0.4 is 0 Å². The molecule has 1 amide bonds. The Morgan fingerprint density at radius 3 is 2.62 bits per heavy atom. The highest BCUT2D eigenvalue weighted by Gasteiger charge is 2.13. The van der Waals surface area contributed by atoms with Gasteiger partial charge >= 0.3 is 0 Å². The van der Waals surface area contributed by atoms with Crippen LogP contribution in [0.5, 0.6) is 0 Å². The fraction of sp³-hybridized carbons (Fsp3) is 0.286. The van der Waals surface area contributed by atoms with Gasteiger partial charge in [0.1, 0.15) is 6.33 Å². The Hall–Kier alpha value is -2.54. The summed E-state index contributed by atoms with van der Waals surface area (Å²) in [7, 11) is 0. The number of morpholine rings is 1. The molecule has 1 aromatic heterocycles. The van der Waals surface area contributed by atoms with Crippen LogP contribution in [0, 0.1) is 0 Å². The Morgan fingerprint density at radius 2 is 1.95 bits per heavy atom. The first kappa shape index (κ1) is 13.4. The second-order valence-corrected chi connectivity index (χ2v) is 4.62. The van der Waals surface area contributed by atoms with Gasteiger partial charge in [-0.05, 0) is 34.2 Å². The highest BCUT2D eigenvalue weighted by Crippen LogP contribution is 2.09. The Balaban J connectivity index is 1.64. The zero-order valence-corrected chi connectivity index (χ0v) is 11.4. The summed E-state index contributed by atoms with van der Waals surface area (Å²) in [6.07, 6.45) is 4.94. The fourth-order valence-electron chi connectivity index (χ4n) is 2.07. The molecule has 2 heterocycles. The van der Waals surface area contributed by atoms with Crippen molar-refractivity contribution in [1.82, 2.24) is 25.1 Å². The van der Waals surface area contributed by atoms with E-state index in [0.29, 0.717) is 26.3 Å². The van der Waals surface area contributed by atoms with E-state index in [1.54, 1.807) is 21.7 Å². The number of aromatic nitrogens is 4. The van der Waals surface area contributed by atoms with Gasteiger partial charge in [0.25, 0.3) is 0 Å². The number of ether oxygens (including phenoxy) is 1. The number of carbonyl (C=O) groups is 1. The predicted molar refractivity (Wildman–Crippen MR) is 75.6 cm³/mol. The molecule has 7 heteroatoms. The third kappa shape index (κ3) is 3.32. The van der Waals surface area contributed by atoms with Crippen molar-refractivity contribution in [3.05, 3.63) is 42.2 Å². The van der Waals surface area contributed by atoms with Crippen molar-refractivity contribution in [1.29, 1.82) is 0 Å². The van der Waals surface area contributed by atoms with Crippen LogP contribution in [0.2, 0.25) is 0 Å². The van der Waals surface area contributed by atoms with E-state index < -0.39 is 0 Å². The molecule has 3 rings (SSSR count). The number of amides is 1. The number of tetrazole rings is 1. The smallest absolute Gasteiger partial charge is 0.246 e. The first-order chi connectivity index (χ1) is 10.3. The highest BCUT2D eigenvalue weighted by molar-refractivity contribution is 5.91. The summed E-state index contributed by atoms with van der Waals surface area (Å²) in [4.78, 5) is 13.8. The fourth-order valence-corrected chi connectivity index (χ4v) is 2.07. The van der Waals surface area contributed by atoms with Crippen molar-refractivity contribution in [3.63, 3.8) is 0 Å². The molecule has 1 aromatic carbocycles. The van der Waals surface area contributed by atoms with E-state index in [4.69, 9.17) is 4.74 Å². The molecule has 0 saturated carbocycles. The summed E-state index contributed by atoms with van der Waals surface area (Å²) < 4.78 is 6.80. The molecule has 7 nitrogen and oxygen atoms in total. The number of benzene rings is 1. The van der Waals surface area contributed by atoms with E-state index >= 15 is 0 Å². The minimum atomic E-state index is 0.0165. The Labute approximate surface area is 121 Å². The van der Waals surface area contributed by atoms with Crippen LogP contribution in [0.15, 0.2) is 36.7 Å². The van der Waals surface area contributed by atoms with Gasteiger partial charge in [0.2, 0.25) is 5.91 Å². The molecule has 108 valence electrons. The summed E-state index contributed by atoms with van der Waals surface area (Å²) in [6, 6.07) is 7.63. The zero-order valence-electron chi connectivity index (χ0n) is 11.4. The number of carbonyl (C=O) groups excluding carboxylic acids is 1. The molecule has 1 aliphatic heterocycles. The Kier molecular flexibility index (Phi) is 4.02. The average molecular weight is 285 g/mol. The predicted octanol–water partition coefficient (Wildman–Crippen LogP) is 0.534. The highest BCUT2D eigenvalue weighted by atomic mass is 16.5. The van der Waals surface area contributed by atoms with Crippen molar-refractivity contribution < 1.29 is 9.53 Å². The Bertz CT molecular complexity index is 615. The molecule has 1 aliphatic rings. The molecule has 0 bridgehead atoms. The monoisotopic (exact) mass is 285 g/mol. The molecule has 1 fully saturated rings. The number of nitrogens with zero attached hydrogens (tertiary/aromatic N) is 5. The summed E-state index contributed by atoms with van der Waals surface area (Å²) >= 11 is 0. The lowest BCUT2D eigenvalue weighted by Crippen LogP contribution is -2.39. The van der Waals surface area contributed by atoms with Gasteiger partial charge in [-0.2, -0.15) is 0 Å². The second kappa shape index (κ2) is 6.27. The van der Waals surface area contributed by atoms with Crippen LogP contribution in [-0.2, 0) is 9.53 Å². The lowest BCUT2D eigenvalue weighted by atomic mass is 10.2. The first-order valence-corrected chi connectivity index (χ1v) is 6.71. The molecule has 0 aliphatic carbocycles. The van der Waals surface area contributed by atoms with Crippen molar-refractivity contribution in [2.45, 2.75) is 0 Å². The molecule has 2 aromatic rings. The normalized spacial score (nSPS) is 15.5. The van der Waals surface area contributed by atoms with Crippen LogP contribution in [0.25, 0.3) is 11.8 Å². The van der Waals surface area contributed by atoms with E-state index in [1.165, 1.54) is 6.33 Å². The maximum Gasteiger partial charge on any atom is 0.246 e. The van der Waals surface area contributed by atoms with Gasteiger partial charge < -0.3 is 9.64 Å². The molecule has 21 heavy (non-hydrogen) atoms. The summed E-state index contributed by atoms with van der Waals surface area (Å²) in [5.41, 5.74) is 1.82. The largest absolute Gasteiger partial charge is 0.378 e. The average Bonchev–Trinajstić information content (AvgIpc) is 3.08. The van der Waals surface area contributed by atoms with E-state index in [9.17, 15) is 4.79 Å². The topological polar surface area (TPSA) is 73.1 Å². The summed E-state index contributed by atoms with van der Waals surface area (Å²) in [5, 5.41) is 11.0. The van der Waals surface area contributed by atoms with E-state index in [0.717, 1.165) is 11.3 Å². The van der Waals surface area contributed by atoms with Crippen molar-refractivity contribution in [2.24, 2.45) is 0 Å². The van der Waals surface area contributed by atoms with Crippen molar-refractivity contribution in [2.75, 3.05) is 26.3 Å². The second-order valence-electron chi connectivity index (χ2n) is 4.62. The standard InChI is InChI=1S/C14H15N5O2/c20-14(18-7-9-21-10-8-18)6-3-12-1-4-13(5-2-12)19-11-15-16-17-19/h1-6,11H,7-10H2/b6-3+. The van der Waals surface area contributed by atoms with E-state index in [-0.39, 0.29) is 5.91 Å². The molecule has 0 spiro atoms. The zero-order chi connectivity index (χ0) is 14.5. The maximum absolute atomic E-state index is 12.0. The maximum atomic E-state index is 12.0. The number of rotatable bonds is 3. The molecule has 0 unspecified atom stereocenters. The summed E-state index contributed by atoms with van der Waals surface area (Å²) in [5.74, 6) is 0.0165. The number of hydrogen-bond acceptors (Lipinski definition) is 5. The lowest BCUT2D eigenvalue weighted by Gasteiger charge is -2.25. The molecule has 0 N–H and O–H groups in total. The third-order valence-electron chi connectivity index (χ3n) is 3.25. The molecular weight excluding hydrogens is 270 g/mol. The van der Waals surface area contributed by atoms with E-state index in [2.05, 4.69) is 15.5 Å². The minimum absolute atomic E-state index is 0.0165. The van der Waals surface area contributed by atoms with Gasteiger partial charge in [0, 0.05) is 19.2 Å². The third-order valence-corrected chi connectivity index (χ3v) is 3.25. The van der Waals surface area contributed by atoms with Crippen LogP contribution in [0.1, 0.15) is 5.56 Å². The SMILES string of the molecule is O=C(/C=C/c1ccc(-n2cnnn2)cc1)N1CCOCC1. The van der Waals surface area contributed by atoms with Crippen LogP contribution in [0.4, 0.5) is 0 Å². The van der Waals surface area contributed by atoms with Crippen molar-refractivity contribution >= 4 is 12.0 Å². The van der Waals surface area contributed by atoms with Gasteiger partial charge in [0.15, 0.2) is 0 Å². The molecular formula is C14H15N5O2. The first-order valence-electron chi connectivity index (χ1n) is 6.71. The molecule has 1 saturated heterocycles. The van der Waals surface area contributed by atoms with E-state index in [1.807, 2.05) is 24.3 Å². The summed E-state index contributed by atoms with van der Waals surface area (Å²) in [6.45, 7) is 2.53. The molecule has 0 atom stereocenters. The van der Waals surface area contributed by atoms with Crippen molar-refractivity contribution in [3.8, 4) is 5.69 Å². The lowest BCUT2D eigenvalue weighted by molar-refractivity contribution is -0.129. The van der Waals surface area contributed by atoms with Gasteiger partial charge in [-0.1, -0.05) is 12.1 Å². The van der Waals surface area contributed by atoms with Gasteiger partial charge in [-0.15, -0.1) is 5.10 Å². The van der Waals surface area contributed by atoms with Crippen LogP contribution in [-0.4, -0.2) is 57.3 Å².